The Morgan fingerprint density at radius 2 is 1.96 bits per heavy atom. The van der Waals surface area contributed by atoms with E-state index in [9.17, 15) is 9.59 Å². The fourth-order valence-electron chi connectivity index (χ4n) is 3.40. The van der Waals surface area contributed by atoms with Gasteiger partial charge in [0.1, 0.15) is 0 Å². The molecule has 24 heavy (non-hydrogen) atoms. The highest BCUT2D eigenvalue weighted by molar-refractivity contribution is 7.99. The highest BCUT2D eigenvalue weighted by Crippen LogP contribution is 2.15. The van der Waals surface area contributed by atoms with Crippen molar-refractivity contribution in [2.45, 2.75) is 32.7 Å². The van der Waals surface area contributed by atoms with Crippen molar-refractivity contribution in [3.63, 3.8) is 0 Å². The minimum atomic E-state index is -0.0530. The van der Waals surface area contributed by atoms with Crippen LogP contribution in [0.5, 0.6) is 0 Å². The minimum Gasteiger partial charge on any atom is -0.362 e. The first kappa shape index (κ1) is 17.4. The van der Waals surface area contributed by atoms with Gasteiger partial charge in [-0.25, -0.2) is 0 Å². The SMILES string of the molecule is Cc1cc(CC(=O)N2CCCN(C(=O)C3CSCN3)CC2)c(C)[nH]1. The Hall–Kier alpha value is -1.47. The number of thioether (sulfide) groups is 1. The second-order valence-electron chi connectivity index (χ2n) is 6.61. The van der Waals surface area contributed by atoms with Gasteiger partial charge in [-0.2, -0.15) is 0 Å². The molecular formula is C17H26N4O2S. The summed E-state index contributed by atoms with van der Waals surface area (Å²) in [6.07, 6.45) is 1.29. The van der Waals surface area contributed by atoms with E-state index in [0.29, 0.717) is 19.5 Å². The Balaban J connectivity index is 1.55. The Morgan fingerprint density at radius 1 is 1.21 bits per heavy atom. The molecule has 132 valence electrons. The first-order valence-electron chi connectivity index (χ1n) is 8.57. The number of aromatic amines is 1. The standard InChI is InChI=1S/C17H26N4O2S/c1-12-8-14(13(2)19-12)9-16(22)20-4-3-5-21(7-6-20)17(23)15-10-24-11-18-15/h8,15,18-19H,3-7,9-11H2,1-2H3. The molecule has 0 spiro atoms. The van der Waals surface area contributed by atoms with E-state index in [4.69, 9.17) is 0 Å². The van der Waals surface area contributed by atoms with E-state index in [1.165, 1.54) is 0 Å². The Bertz CT molecular complexity index is 610. The summed E-state index contributed by atoms with van der Waals surface area (Å²) in [5.74, 6) is 2.04. The topological polar surface area (TPSA) is 68.4 Å². The number of aromatic nitrogens is 1. The van der Waals surface area contributed by atoms with E-state index in [1.807, 2.05) is 29.7 Å². The van der Waals surface area contributed by atoms with Crippen LogP contribution in [0.25, 0.3) is 0 Å². The Labute approximate surface area is 147 Å². The number of aryl methyl sites for hydroxylation is 2. The lowest BCUT2D eigenvalue weighted by molar-refractivity contribution is -0.134. The van der Waals surface area contributed by atoms with Crippen LogP contribution in [0.2, 0.25) is 0 Å². The number of carbonyl (C=O) groups is 2. The second-order valence-corrected chi connectivity index (χ2v) is 7.64. The predicted molar refractivity (Wildman–Crippen MR) is 96.0 cm³/mol. The molecule has 1 unspecified atom stereocenters. The molecule has 0 aliphatic carbocycles. The normalized spacial score (nSPS) is 21.8. The molecule has 7 heteroatoms. The van der Waals surface area contributed by atoms with Gasteiger partial charge in [-0.15, -0.1) is 11.8 Å². The Kier molecular flexibility index (Phi) is 5.50. The van der Waals surface area contributed by atoms with Crippen LogP contribution in [0.4, 0.5) is 0 Å². The third-order valence-electron chi connectivity index (χ3n) is 4.77. The molecule has 0 saturated carbocycles. The molecule has 0 bridgehead atoms. The molecule has 2 fully saturated rings. The molecule has 1 aromatic heterocycles. The third kappa shape index (κ3) is 3.95. The molecule has 2 aliphatic rings. The average Bonchev–Trinajstić information content (AvgIpc) is 3.10. The highest BCUT2D eigenvalue weighted by Gasteiger charge is 2.29. The van der Waals surface area contributed by atoms with Gasteiger partial charge in [0.25, 0.3) is 0 Å². The van der Waals surface area contributed by atoms with E-state index in [0.717, 1.165) is 48.1 Å². The lowest BCUT2D eigenvalue weighted by atomic mass is 10.1. The molecule has 0 radical (unpaired) electrons. The maximum atomic E-state index is 12.6. The quantitative estimate of drug-likeness (QED) is 0.850. The van der Waals surface area contributed by atoms with Crippen LogP contribution >= 0.6 is 11.8 Å². The van der Waals surface area contributed by atoms with Crippen LogP contribution in [0.3, 0.4) is 0 Å². The number of carbonyl (C=O) groups excluding carboxylic acids is 2. The summed E-state index contributed by atoms with van der Waals surface area (Å²) in [4.78, 5) is 32.2. The number of nitrogens with one attached hydrogen (secondary N) is 2. The molecule has 1 aromatic rings. The van der Waals surface area contributed by atoms with Gasteiger partial charge in [0.15, 0.2) is 0 Å². The van der Waals surface area contributed by atoms with E-state index >= 15 is 0 Å². The molecule has 1 atom stereocenters. The summed E-state index contributed by atoms with van der Waals surface area (Å²) >= 11 is 1.76. The summed E-state index contributed by atoms with van der Waals surface area (Å²) in [6, 6.07) is 1.99. The van der Waals surface area contributed by atoms with Gasteiger partial charge in [-0.1, -0.05) is 0 Å². The number of amides is 2. The lowest BCUT2D eigenvalue weighted by Gasteiger charge is -2.24. The van der Waals surface area contributed by atoms with Crippen molar-refractivity contribution in [2.24, 2.45) is 0 Å². The highest BCUT2D eigenvalue weighted by atomic mass is 32.2. The molecule has 3 heterocycles. The number of nitrogens with zero attached hydrogens (tertiary/aromatic N) is 2. The summed E-state index contributed by atoms with van der Waals surface area (Å²) in [5.41, 5.74) is 3.23. The van der Waals surface area contributed by atoms with E-state index in [-0.39, 0.29) is 17.9 Å². The largest absolute Gasteiger partial charge is 0.362 e. The zero-order valence-corrected chi connectivity index (χ0v) is 15.2. The first-order valence-corrected chi connectivity index (χ1v) is 9.73. The van der Waals surface area contributed by atoms with Crippen molar-refractivity contribution in [1.82, 2.24) is 20.1 Å². The van der Waals surface area contributed by atoms with Crippen LogP contribution in [0, 0.1) is 13.8 Å². The molecule has 2 N–H and O–H groups in total. The van der Waals surface area contributed by atoms with E-state index in [1.54, 1.807) is 11.8 Å². The molecule has 0 aromatic carbocycles. The smallest absolute Gasteiger partial charge is 0.240 e. The van der Waals surface area contributed by atoms with Crippen molar-refractivity contribution in [2.75, 3.05) is 37.8 Å². The van der Waals surface area contributed by atoms with Crippen LogP contribution < -0.4 is 5.32 Å². The molecule has 3 rings (SSSR count). The maximum absolute atomic E-state index is 12.6. The number of hydrogen-bond donors (Lipinski definition) is 2. The van der Waals surface area contributed by atoms with Crippen molar-refractivity contribution in [3.8, 4) is 0 Å². The van der Waals surface area contributed by atoms with Crippen molar-refractivity contribution >= 4 is 23.6 Å². The van der Waals surface area contributed by atoms with Crippen LogP contribution in [-0.2, 0) is 16.0 Å². The third-order valence-corrected chi connectivity index (χ3v) is 5.71. The average molecular weight is 350 g/mol. The van der Waals surface area contributed by atoms with Crippen LogP contribution in [-0.4, -0.2) is 70.4 Å². The second kappa shape index (κ2) is 7.61. The molecule has 2 saturated heterocycles. The fourth-order valence-corrected chi connectivity index (χ4v) is 4.33. The van der Waals surface area contributed by atoms with Gasteiger partial charge >= 0.3 is 0 Å². The van der Waals surface area contributed by atoms with Gasteiger partial charge < -0.3 is 14.8 Å². The summed E-state index contributed by atoms with van der Waals surface area (Å²) in [7, 11) is 0. The lowest BCUT2D eigenvalue weighted by Crippen LogP contribution is -2.46. The van der Waals surface area contributed by atoms with E-state index in [2.05, 4.69) is 10.3 Å². The number of rotatable bonds is 3. The van der Waals surface area contributed by atoms with Crippen LogP contribution in [0.15, 0.2) is 6.07 Å². The fraction of sp³-hybridized carbons (Fsp3) is 0.647. The van der Waals surface area contributed by atoms with Gasteiger partial charge in [0.2, 0.25) is 11.8 Å². The summed E-state index contributed by atoms with van der Waals surface area (Å²) < 4.78 is 0. The monoisotopic (exact) mass is 350 g/mol. The van der Waals surface area contributed by atoms with E-state index < -0.39 is 0 Å². The Morgan fingerprint density at radius 3 is 2.62 bits per heavy atom. The molecule has 2 amide bonds. The summed E-state index contributed by atoms with van der Waals surface area (Å²) in [6.45, 7) is 6.76. The van der Waals surface area contributed by atoms with Crippen LogP contribution in [0.1, 0.15) is 23.4 Å². The van der Waals surface area contributed by atoms with Crippen molar-refractivity contribution in [1.29, 1.82) is 0 Å². The number of H-pyrrole nitrogens is 1. The maximum Gasteiger partial charge on any atom is 0.240 e. The zero-order chi connectivity index (χ0) is 17.1. The van der Waals surface area contributed by atoms with Crippen molar-refractivity contribution < 1.29 is 9.59 Å². The van der Waals surface area contributed by atoms with Crippen molar-refractivity contribution in [3.05, 3.63) is 23.0 Å². The molecule has 2 aliphatic heterocycles. The molecular weight excluding hydrogens is 324 g/mol. The van der Waals surface area contributed by atoms with Gasteiger partial charge in [-0.3, -0.25) is 14.9 Å². The predicted octanol–water partition coefficient (Wildman–Crippen LogP) is 0.897. The number of hydrogen-bond acceptors (Lipinski definition) is 4. The minimum absolute atomic E-state index is 0.0530. The van der Waals surface area contributed by atoms with Gasteiger partial charge in [-0.05, 0) is 31.9 Å². The molecule has 6 nitrogen and oxygen atoms in total. The summed E-state index contributed by atoms with van der Waals surface area (Å²) in [5, 5.41) is 3.24. The zero-order valence-electron chi connectivity index (χ0n) is 14.4. The van der Waals surface area contributed by atoms with Gasteiger partial charge in [0.05, 0.1) is 12.5 Å². The first-order chi connectivity index (χ1) is 11.5. The van der Waals surface area contributed by atoms with Gasteiger partial charge in [0, 0.05) is 49.2 Å².